The van der Waals surface area contributed by atoms with Crippen LogP contribution in [0.2, 0.25) is 0 Å². The van der Waals surface area contributed by atoms with Crippen molar-refractivity contribution in [1.82, 2.24) is 9.55 Å². The molecule has 2 heterocycles. The Morgan fingerprint density at radius 2 is 2.05 bits per heavy atom. The van der Waals surface area contributed by atoms with Crippen LogP contribution >= 0.6 is 15.9 Å². The molecule has 2 aromatic rings. The number of anilines is 1. The van der Waals surface area contributed by atoms with E-state index in [4.69, 9.17) is 0 Å². The molecule has 0 bridgehead atoms. The molecular weight excluding hydrogens is 334 g/mol. The molecule has 0 saturated heterocycles. The first-order valence-corrected chi connectivity index (χ1v) is 7.48. The molecule has 0 spiro atoms. The number of carbonyl (C=O) groups is 2. The number of nitrogens with zero attached hydrogens (tertiary/aromatic N) is 3. The number of aromatic nitrogens is 2. The van der Waals surface area contributed by atoms with Crippen LogP contribution in [0.5, 0.6) is 0 Å². The van der Waals surface area contributed by atoms with Crippen LogP contribution < -0.4 is 4.90 Å². The lowest BCUT2D eigenvalue weighted by atomic mass is 10.1. The number of hydrogen-bond acceptors (Lipinski definition) is 3. The summed E-state index contributed by atoms with van der Waals surface area (Å²) in [6.45, 7) is 4.99. The number of halogens is 1. The van der Waals surface area contributed by atoms with Crippen molar-refractivity contribution in [2.45, 2.75) is 26.9 Å². The normalized spacial score (nSPS) is 14.0. The van der Waals surface area contributed by atoms with Crippen molar-refractivity contribution in [2.24, 2.45) is 0 Å². The van der Waals surface area contributed by atoms with Crippen molar-refractivity contribution in [3.8, 4) is 0 Å². The monoisotopic (exact) mass is 347 g/mol. The Bertz CT molecular complexity index is 751. The molecule has 5 nitrogen and oxygen atoms in total. The van der Waals surface area contributed by atoms with Crippen LogP contribution in [0.15, 0.2) is 29.0 Å². The van der Waals surface area contributed by atoms with Gasteiger partial charge in [-0.25, -0.2) is 4.98 Å². The van der Waals surface area contributed by atoms with Crippen molar-refractivity contribution in [2.75, 3.05) is 4.90 Å². The predicted octanol–water partition coefficient (Wildman–Crippen LogP) is 2.70. The fraction of sp³-hybridized carbons (Fsp3) is 0.267. The Morgan fingerprint density at radius 3 is 2.76 bits per heavy atom. The summed E-state index contributed by atoms with van der Waals surface area (Å²) >= 11 is 3.37. The third-order valence-corrected chi connectivity index (χ3v) is 4.12. The van der Waals surface area contributed by atoms with Crippen LogP contribution in [-0.2, 0) is 17.9 Å². The number of ketones is 1. The molecule has 1 aromatic heterocycles. The SMILES string of the molecule is CCn1ccnc1CN1C(=O)C(=O)c2cc(Br)cc(C)c21. The van der Waals surface area contributed by atoms with Gasteiger partial charge < -0.3 is 4.57 Å². The Balaban J connectivity index is 2.06. The molecule has 1 aromatic carbocycles. The second kappa shape index (κ2) is 5.11. The molecule has 0 radical (unpaired) electrons. The first-order valence-electron chi connectivity index (χ1n) is 6.69. The number of fused-ring (bicyclic) bond motifs is 1. The molecule has 0 N–H and O–H groups in total. The van der Waals surface area contributed by atoms with Gasteiger partial charge in [-0.05, 0) is 31.5 Å². The van der Waals surface area contributed by atoms with E-state index in [9.17, 15) is 9.59 Å². The number of carbonyl (C=O) groups excluding carboxylic acids is 2. The summed E-state index contributed by atoms with van der Waals surface area (Å²) in [5, 5.41) is 0. The molecule has 108 valence electrons. The number of rotatable bonds is 3. The second-order valence-electron chi connectivity index (χ2n) is 4.97. The third kappa shape index (κ3) is 2.19. The van der Waals surface area contributed by atoms with Gasteiger partial charge in [0.1, 0.15) is 5.82 Å². The summed E-state index contributed by atoms with van der Waals surface area (Å²) < 4.78 is 2.76. The number of imidazole rings is 1. The molecule has 1 aliphatic heterocycles. The number of benzene rings is 1. The molecule has 1 aliphatic rings. The van der Waals surface area contributed by atoms with Crippen LogP contribution in [-0.4, -0.2) is 21.2 Å². The van der Waals surface area contributed by atoms with Gasteiger partial charge in [0, 0.05) is 23.4 Å². The third-order valence-electron chi connectivity index (χ3n) is 3.66. The molecule has 0 aliphatic carbocycles. The van der Waals surface area contributed by atoms with Gasteiger partial charge >= 0.3 is 0 Å². The zero-order valence-electron chi connectivity index (χ0n) is 11.8. The van der Waals surface area contributed by atoms with Crippen LogP contribution in [0.3, 0.4) is 0 Å². The second-order valence-corrected chi connectivity index (χ2v) is 5.88. The van der Waals surface area contributed by atoms with Crippen LogP contribution in [0.25, 0.3) is 0 Å². The van der Waals surface area contributed by atoms with E-state index in [1.54, 1.807) is 12.3 Å². The molecule has 0 unspecified atom stereocenters. The average molecular weight is 348 g/mol. The van der Waals surface area contributed by atoms with Crippen LogP contribution in [0.4, 0.5) is 5.69 Å². The fourth-order valence-electron chi connectivity index (χ4n) is 2.68. The quantitative estimate of drug-likeness (QED) is 0.802. The van der Waals surface area contributed by atoms with Crippen molar-refractivity contribution < 1.29 is 9.59 Å². The highest BCUT2D eigenvalue weighted by molar-refractivity contribution is 9.10. The lowest BCUT2D eigenvalue weighted by Gasteiger charge is -2.18. The first kappa shape index (κ1) is 14.0. The highest BCUT2D eigenvalue weighted by Crippen LogP contribution is 2.35. The topological polar surface area (TPSA) is 55.2 Å². The van der Waals surface area contributed by atoms with E-state index in [2.05, 4.69) is 20.9 Å². The molecule has 0 atom stereocenters. The number of Topliss-reactive ketones (excluding diaryl/α,β-unsaturated/α-hetero) is 1. The summed E-state index contributed by atoms with van der Waals surface area (Å²) in [5.41, 5.74) is 2.05. The van der Waals surface area contributed by atoms with E-state index in [-0.39, 0.29) is 0 Å². The molecule has 0 fully saturated rings. The highest BCUT2D eigenvalue weighted by atomic mass is 79.9. The smallest absolute Gasteiger partial charge is 0.299 e. The first-order chi connectivity index (χ1) is 10.0. The zero-order chi connectivity index (χ0) is 15.1. The minimum Gasteiger partial charge on any atom is -0.334 e. The maximum Gasteiger partial charge on any atom is 0.299 e. The number of amides is 1. The van der Waals surface area contributed by atoms with Gasteiger partial charge in [-0.2, -0.15) is 0 Å². The lowest BCUT2D eigenvalue weighted by molar-refractivity contribution is -0.114. The van der Waals surface area contributed by atoms with Crippen LogP contribution in [0, 0.1) is 6.92 Å². The standard InChI is InChI=1S/C15H14BrN3O2/c1-3-18-5-4-17-12(18)8-19-13-9(2)6-10(16)7-11(13)14(20)15(19)21/h4-7H,3,8H2,1-2H3. The van der Waals surface area contributed by atoms with E-state index in [0.29, 0.717) is 17.8 Å². The van der Waals surface area contributed by atoms with Gasteiger partial charge in [0.05, 0.1) is 17.8 Å². The van der Waals surface area contributed by atoms with E-state index in [1.165, 1.54) is 4.90 Å². The zero-order valence-corrected chi connectivity index (χ0v) is 13.3. The number of hydrogen-bond donors (Lipinski definition) is 0. The summed E-state index contributed by atoms with van der Waals surface area (Å²) in [6, 6.07) is 3.61. The van der Waals surface area contributed by atoms with Gasteiger partial charge in [0.15, 0.2) is 0 Å². The highest BCUT2D eigenvalue weighted by Gasteiger charge is 2.37. The Labute approximate surface area is 130 Å². The van der Waals surface area contributed by atoms with Crippen molar-refractivity contribution in [3.05, 3.63) is 46.0 Å². The minimum absolute atomic E-state index is 0.306. The van der Waals surface area contributed by atoms with Crippen molar-refractivity contribution in [1.29, 1.82) is 0 Å². The lowest BCUT2D eigenvalue weighted by Crippen LogP contribution is -2.30. The van der Waals surface area contributed by atoms with Gasteiger partial charge in [-0.3, -0.25) is 14.5 Å². The summed E-state index contributed by atoms with van der Waals surface area (Å²) in [7, 11) is 0. The summed E-state index contributed by atoms with van der Waals surface area (Å²) in [5.74, 6) is -0.172. The molecule has 21 heavy (non-hydrogen) atoms. The maximum atomic E-state index is 12.3. The molecule has 1 amide bonds. The summed E-state index contributed by atoms with van der Waals surface area (Å²) in [4.78, 5) is 30.2. The van der Waals surface area contributed by atoms with Crippen molar-refractivity contribution in [3.63, 3.8) is 0 Å². The fourth-order valence-corrected chi connectivity index (χ4v) is 3.25. The molecule has 0 saturated carbocycles. The van der Waals surface area contributed by atoms with Gasteiger partial charge in [-0.15, -0.1) is 0 Å². The largest absolute Gasteiger partial charge is 0.334 e. The van der Waals surface area contributed by atoms with Crippen LogP contribution in [0.1, 0.15) is 28.7 Å². The average Bonchev–Trinajstić information content (AvgIpc) is 2.98. The van der Waals surface area contributed by atoms with Gasteiger partial charge in [0.2, 0.25) is 0 Å². The predicted molar refractivity (Wildman–Crippen MR) is 82.3 cm³/mol. The van der Waals surface area contributed by atoms with E-state index in [0.717, 1.165) is 22.4 Å². The van der Waals surface area contributed by atoms with Gasteiger partial charge in [-0.1, -0.05) is 15.9 Å². The minimum atomic E-state index is -0.489. The summed E-state index contributed by atoms with van der Waals surface area (Å²) in [6.07, 6.45) is 3.57. The Hall–Kier alpha value is -1.95. The van der Waals surface area contributed by atoms with E-state index in [1.807, 2.05) is 30.7 Å². The Kier molecular flexibility index (Phi) is 3.41. The maximum absolute atomic E-state index is 12.3. The van der Waals surface area contributed by atoms with Gasteiger partial charge in [0.25, 0.3) is 11.7 Å². The Morgan fingerprint density at radius 1 is 1.29 bits per heavy atom. The molecule has 3 rings (SSSR count). The number of aryl methyl sites for hydroxylation is 2. The van der Waals surface area contributed by atoms with Crippen molar-refractivity contribution >= 4 is 33.3 Å². The molecular formula is C15H14BrN3O2. The van der Waals surface area contributed by atoms with E-state index >= 15 is 0 Å². The molecule has 6 heteroatoms. The van der Waals surface area contributed by atoms with E-state index < -0.39 is 11.7 Å².